The predicted molar refractivity (Wildman–Crippen MR) is 55.1 cm³/mol. The molecule has 2 nitrogen and oxygen atoms in total. The normalized spacial score (nSPS) is 13.5. The van der Waals surface area contributed by atoms with E-state index in [1.54, 1.807) is 6.07 Å². The molecule has 0 saturated carbocycles. The van der Waals surface area contributed by atoms with E-state index in [4.69, 9.17) is 5.73 Å². The van der Waals surface area contributed by atoms with Gasteiger partial charge in [0.25, 0.3) is 0 Å². The molecule has 1 aromatic rings. The van der Waals surface area contributed by atoms with Crippen LogP contribution in [-0.2, 0) is 0 Å². The van der Waals surface area contributed by atoms with Crippen LogP contribution in [-0.4, -0.2) is 12.5 Å². The van der Waals surface area contributed by atoms with Crippen molar-refractivity contribution in [2.75, 3.05) is 0 Å². The van der Waals surface area contributed by atoms with E-state index in [1.165, 1.54) is 18.2 Å². The zero-order valence-electron chi connectivity index (χ0n) is 8.75. The molecular formula is C11H11F4NO. The van der Waals surface area contributed by atoms with Crippen molar-refractivity contribution < 1.29 is 22.3 Å². The van der Waals surface area contributed by atoms with Gasteiger partial charge < -0.3 is 10.5 Å². The van der Waals surface area contributed by atoms with Gasteiger partial charge in [0, 0.05) is 6.04 Å². The number of rotatable bonds is 5. The first-order chi connectivity index (χ1) is 7.86. The minimum absolute atomic E-state index is 0.370. The van der Waals surface area contributed by atoms with Crippen LogP contribution in [0.2, 0.25) is 0 Å². The summed E-state index contributed by atoms with van der Waals surface area (Å²) < 4.78 is 53.0. The summed E-state index contributed by atoms with van der Waals surface area (Å²) >= 11 is 0. The van der Waals surface area contributed by atoms with E-state index in [2.05, 4.69) is 11.3 Å². The lowest BCUT2D eigenvalue weighted by Crippen LogP contribution is -2.33. The first kappa shape index (κ1) is 13.5. The number of ether oxygens (including phenoxy) is 1. The molecule has 0 aromatic heterocycles. The summed E-state index contributed by atoms with van der Waals surface area (Å²) in [5.41, 5.74) is 6.02. The van der Waals surface area contributed by atoms with Crippen LogP contribution >= 0.6 is 0 Å². The van der Waals surface area contributed by atoms with Gasteiger partial charge >= 0.3 is 12.5 Å². The summed E-state index contributed by atoms with van der Waals surface area (Å²) in [6, 6.07) is 4.69. The molecular weight excluding hydrogens is 238 g/mol. The molecule has 0 fully saturated rings. The Bertz CT molecular complexity index is 395. The van der Waals surface area contributed by atoms with Crippen LogP contribution in [0, 0.1) is 0 Å². The molecule has 0 heterocycles. The number of hydrogen-bond acceptors (Lipinski definition) is 2. The minimum Gasteiger partial charge on any atom is -0.428 e. The van der Waals surface area contributed by atoms with Gasteiger partial charge in [0.15, 0.2) is 0 Å². The number of alkyl halides is 4. The molecule has 17 heavy (non-hydrogen) atoms. The standard InChI is InChI=1S/C11H11F4NO/c1-2-9(16)7-4-3-5-8(6-7)17-11(14,15)10(12)13/h2-6,9-10H,1,16H2/t9-/m0/s1. The highest BCUT2D eigenvalue weighted by atomic mass is 19.3. The maximum absolute atomic E-state index is 12.6. The number of halogens is 4. The molecule has 1 aromatic carbocycles. The minimum atomic E-state index is -4.52. The summed E-state index contributed by atoms with van der Waals surface area (Å²) in [5, 5.41) is 0. The van der Waals surface area contributed by atoms with Crippen molar-refractivity contribution in [3.05, 3.63) is 42.5 Å². The lowest BCUT2D eigenvalue weighted by molar-refractivity contribution is -0.253. The second kappa shape index (κ2) is 5.18. The molecule has 0 spiro atoms. The van der Waals surface area contributed by atoms with Crippen molar-refractivity contribution >= 4 is 0 Å². The van der Waals surface area contributed by atoms with Crippen molar-refractivity contribution in [3.63, 3.8) is 0 Å². The Hall–Kier alpha value is -1.56. The van der Waals surface area contributed by atoms with Crippen LogP contribution in [0.4, 0.5) is 17.6 Å². The van der Waals surface area contributed by atoms with Crippen molar-refractivity contribution in [2.24, 2.45) is 5.73 Å². The summed E-state index contributed by atoms with van der Waals surface area (Å²) in [7, 11) is 0. The third-order valence-corrected chi connectivity index (χ3v) is 2.00. The summed E-state index contributed by atoms with van der Waals surface area (Å²) in [6.07, 6.45) is -7.01. The van der Waals surface area contributed by atoms with Crippen molar-refractivity contribution in [1.82, 2.24) is 0 Å². The number of benzene rings is 1. The van der Waals surface area contributed by atoms with Gasteiger partial charge in [-0.05, 0) is 17.7 Å². The van der Waals surface area contributed by atoms with Crippen molar-refractivity contribution in [3.8, 4) is 5.75 Å². The van der Waals surface area contributed by atoms with Gasteiger partial charge in [0.05, 0.1) is 0 Å². The molecule has 6 heteroatoms. The molecule has 0 aliphatic rings. The Morgan fingerprint density at radius 1 is 1.35 bits per heavy atom. The first-order valence-corrected chi connectivity index (χ1v) is 4.70. The molecule has 0 aliphatic heterocycles. The Morgan fingerprint density at radius 3 is 2.53 bits per heavy atom. The second-order valence-corrected chi connectivity index (χ2v) is 3.30. The topological polar surface area (TPSA) is 35.2 Å². The third-order valence-electron chi connectivity index (χ3n) is 2.00. The van der Waals surface area contributed by atoms with E-state index in [1.807, 2.05) is 0 Å². The highest BCUT2D eigenvalue weighted by molar-refractivity contribution is 5.32. The van der Waals surface area contributed by atoms with Crippen LogP contribution < -0.4 is 10.5 Å². The Kier molecular flexibility index (Phi) is 4.11. The molecule has 1 atom stereocenters. The molecule has 0 amide bonds. The van der Waals surface area contributed by atoms with Crippen LogP contribution in [0.5, 0.6) is 5.75 Å². The third kappa shape index (κ3) is 3.45. The zero-order chi connectivity index (χ0) is 13.1. The van der Waals surface area contributed by atoms with Crippen LogP contribution in [0.1, 0.15) is 11.6 Å². The fraction of sp³-hybridized carbons (Fsp3) is 0.273. The maximum Gasteiger partial charge on any atom is 0.461 e. The number of nitrogens with two attached hydrogens (primary N) is 1. The van der Waals surface area contributed by atoms with Gasteiger partial charge in [-0.25, -0.2) is 0 Å². The van der Waals surface area contributed by atoms with Crippen molar-refractivity contribution in [2.45, 2.75) is 18.6 Å². The quantitative estimate of drug-likeness (QED) is 0.642. The lowest BCUT2D eigenvalue weighted by Gasteiger charge is -2.17. The lowest BCUT2D eigenvalue weighted by atomic mass is 10.1. The predicted octanol–water partition coefficient (Wildman–Crippen LogP) is 3.11. The Balaban J connectivity index is 2.89. The molecule has 2 N–H and O–H groups in total. The van der Waals surface area contributed by atoms with Gasteiger partial charge in [-0.1, -0.05) is 18.2 Å². The molecule has 0 aliphatic carbocycles. The second-order valence-electron chi connectivity index (χ2n) is 3.30. The largest absolute Gasteiger partial charge is 0.461 e. The average Bonchev–Trinajstić information content (AvgIpc) is 2.27. The fourth-order valence-corrected chi connectivity index (χ4v) is 1.12. The smallest absolute Gasteiger partial charge is 0.428 e. The van der Waals surface area contributed by atoms with E-state index in [9.17, 15) is 17.6 Å². The Morgan fingerprint density at radius 2 is 2.00 bits per heavy atom. The van der Waals surface area contributed by atoms with E-state index < -0.39 is 18.6 Å². The van der Waals surface area contributed by atoms with Gasteiger partial charge in [-0.3, -0.25) is 0 Å². The van der Waals surface area contributed by atoms with Gasteiger partial charge in [-0.15, -0.1) is 6.58 Å². The fourth-order valence-electron chi connectivity index (χ4n) is 1.12. The summed E-state index contributed by atoms with van der Waals surface area (Å²) in [4.78, 5) is 0. The molecule has 0 radical (unpaired) electrons. The van der Waals surface area contributed by atoms with Crippen molar-refractivity contribution in [1.29, 1.82) is 0 Å². The summed E-state index contributed by atoms with van der Waals surface area (Å²) in [5.74, 6) is -0.370. The van der Waals surface area contributed by atoms with Crippen LogP contribution in [0.3, 0.4) is 0 Å². The zero-order valence-corrected chi connectivity index (χ0v) is 8.75. The molecule has 0 saturated heterocycles. The van der Waals surface area contributed by atoms with E-state index in [-0.39, 0.29) is 5.75 Å². The Labute approximate surface area is 95.7 Å². The highest BCUT2D eigenvalue weighted by Gasteiger charge is 2.43. The molecule has 0 bridgehead atoms. The van der Waals surface area contributed by atoms with Crippen LogP contribution in [0.15, 0.2) is 36.9 Å². The molecule has 1 rings (SSSR count). The monoisotopic (exact) mass is 249 g/mol. The highest BCUT2D eigenvalue weighted by Crippen LogP contribution is 2.28. The van der Waals surface area contributed by atoms with E-state index >= 15 is 0 Å². The van der Waals surface area contributed by atoms with Gasteiger partial charge in [-0.2, -0.15) is 17.6 Å². The van der Waals surface area contributed by atoms with E-state index in [0.29, 0.717) is 5.56 Å². The first-order valence-electron chi connectivity index (χ1n) is 4.70. The molecule has 94 valence electrons. The van der Waals surface area contributed by atoms with Gasteiger partial charge in [0.2, 0.25) is 0 Å². The average molecular weight is 249 g/mol. The maximum atomic E-state index is 12.6. The van der Waals surface area contributed by atoms with E-state index in [0.717, 1.165) is 6.07 Å². The van der Waals surface area contributed by atoms with Crippen LogP contribution in [0.25, 0.3) is 0 Å². The molecule has 0 unspecified atom stereocenters. The SMILES string of the molecule is C=C[C@H](N)c1cccc(OC(F)(F)C(F)F)c1. The number of hydrogen-bond donors (Lipinski definition) is 1. The summed E-state index contributed by atoms with van der Waals surface area (Å²) in [6.45, 7) is 3.44. The van der Waals surface area contributed by atoms with Gasteiger partial charge in [0.1, 0.15) is 5.75 Å².